The van der Waals surface area contributed by atoms with Crippen LogP contribution >= 0.6 is 0 Å². The molecule has 2 N–H and O–H groups in total. The van der Waals surface area contributed by atoms with Crippen molar-refractivity contribution < 1.29 is 14.3 Å². The highest BCUT2D eigenvalue weighted by Crippen LogP contribution is 2.28. The summed E-state index contributed by atoms with van der Waals surface area (Å²) in [5, 5.41) is 6.29. The first kappa shape index (κ1) is 21.2. The molecule has 0 saturated carbocycles. The van der Waals surface area contributed by atoms with E-state index in [4.69, 9.17) is 9.47 Å². The molecule has 5 rings (SSSR count). The lowest BCUT2D eigenvalue weighted by atomic mass is 10.0. The lowest BCUT2D eigenvalue weighted by molar-refractivity contribution is -0.123. The number of amides is 1. The number of fused-ring (bicyclic) bond motifs is 1. The van der Waals surface area contributed by atoms with Crippen LogP contribution in [0.1, 0.15) is 17.7 Å². The predicted octanol–water partition coefficient (Wildman–Crippen LogP) is 3.70. The van der Waals surface area contributed by atoms with Crippen molar-refractivity contribution >= 4 is 29.0 Å². The van der Waals surface area contributed by atoms with Gasteiger partial charge in [-0.3, -0.25) is 4.79 Å². The second-order valence-electron chi connectivity index (χ2n) is 8.24. The molecular weight excluding hydrogens is 418 g/mol. The van der Waals surface area contributed by atoms with Crippen LogP contribution < -0.4 is 20.3 Å². The average molecular weight is 446 g/mol. The molecule has 1 fully saturated rings. The Morgan fingerprint density at radius 1 is 1.03 bits per heavy atom. The van der Waals surface area contributed by atoms with E-state index >= 15 is 0 Å². The molecule has 3 heterocycles. The molecule has 0 bridgehead atoms. The van der Waals surface area contributed by atoms with Gasteiger partial charge in [0.1, 0.15) is 11.6 Å². The summed E-state index contributed by atoms with van der Waals surface area (Å²) in [6.45, 7) is 4.90. The summed E-state index contributed by atoms with van der Waals surface area (Å²) in [6.07, 6.45) is 1.02. The smallest absolute Gasteiger partial charge is 0.265 e. The van der Waals surface area contributed by atoms with Crippen molar-refractivity contribution in [1.29, 1.82) is 0 Å². The van der Waals surface area contributed by atoms with Gasteiger partial charge in [-0.2, -0.15) is 4.98 Å². The third-order valence-electron chi connectivity index (χ3n) is 5.77. The van der Waals surface area contributed by atoms with E-state index in [1.54, 1.807) is 0 Å². The van der Waals surface area contributed by atoms with Crippen LogP contribution in [0, 0.1) is 6.92 Å². The second-order valence-corrected chi connectivity index (χ2v) is 8.24. The molecule has 0 spiro atoms. The summed E-state index contributed by atoms with van der Waals surface area (Å²) in [5.41, 5.74) is 3.64. The van der Waals surface area contributed by atoms with E-state index in [0.717, 1.165) is 53.7 Å². The third-order valence-corrected chi connectivity index (χ3v) is 5.77. The van der Waals surface area contributed by atoms with E-state index in [1.807, 2.05) is 61.5 Å². The summed E-state index contributed by atoms with van der Waals surface area (Å²) >= 11 is 0. The Morgan fingerprint density at radius 2 is 1.79 bits per heavy atom. The van der Waals surface area contributed by atoms with Gasteiger partial charge in [0, 0.05) is 36.2 Å². The van der Waals surface area contributed by atoms with Crippen molar-refractivity contribution in [3.63, 3.8) is 0 Å². The quantitative estimate of drug-likeness (QED) is 0.619. The summed E-state index contributed by atoms with van der Waals surface area (Å²) in [7, 11) is 0. The number of hydrogen-bond donors (Lipinski definition) is 2. The van der Waals surface area contributed by atoms with E-state index in [0.29, 0.717) is 25.6 Å². The van der Waals surface area contributed by atoms with Gasteiger partial charge in [-0.1, -0.05) is 18.2 Å². The number of carbonyl (C=O) groups excluding carboxylic acids is 1. The maximum Gasteiger partial charge on any atom is 0.265 e. The second kappa shape index (κ2) is 9.46. The Labute approximate surface area is 193 Å². The number of ether oxygens (including phenoxy) is 2. The molecule has 1 atom stereocenters. The maximum absolute atomic E-state index is 12.7. The fourth-order valence-electron chi connectivity index (χ4n) is 4.04. The summed E-state index contributed by atoms with van der Waals surface area (Å²) in [4.78, 5) is 24.1. The molecule has 33 heavy (non-hydrogen) atoms. The number of anilines is 4. The van der Waals surface area contributed by atoms with Gasteiger partial charge in [-0.05, 0) is 55.7 Å². The minimum Gasteiger partial charge on any atom is -0.480 e. The average Bonchev–Trinajstić information content (AvgIpc) is 2.85. The number of hydrogen-bond acceptors (Lipinski definition) is 7. The van der Waals surface area contributed by atoms with Crippen LogP contribution in [0.25, 0.3) is 0 Å². The van der Waals surface area contributed by atoms with Crippen LogP contribution in [-0.4, -0.2) is 48.3 Å². The van der Waals surface area contributed by atoms with E-state index in [9.17, 15) is 4.79 Å². The number of carbonyl (C=O) groups is 1. The molecule has 1 aromatic heterocycles. The van der Waals surface area contributed by atoms with Crippen LogP contribution in [0.15, 0.2) is 54.6 Å². The highest BCUT2D eigenvalue weighted by Gasteiger charge is 2.25. The normalized spacial score (nSPS) is 17.6. The van der Waals surface area contributed by atoms with Crippen molar-refractivity contribution in [2.75, 3.05) is 41.8 Å². The Hall–Kier alpha value is -3.65. The number of nitrogens with one attached hydrogen (secondary N) is 2. The van der Waals surface area contributed by atoms with Crippen LogP contribution in [0.4, 0.5) is 23.1 Å². The highest BCUT2D eigenvalue weighted by atomic mass is 16.5. The Balaban J connectivity index is 1.21. The standard InChI is InChI=1S/C25H27N5O3/c1-17-16-23(29-25(26-17)30-12-14-32-15-13-30)27-19-7-9-20(10-8-19)28-24(31)22-11-6-18-4-2-3-5-21(18)33-22/h2-5,7-10,16,22H,6,11-15H2,1H3,(H,28,31)(H,26,27,29). The lowest BCUT2D eigenvalue weighted by Gasteiger charge is -2.27. The molecule has 1 saturated heterocycles. The van der Waals surface area contributed by atoms with Crippen LogP contribution in [0.3, 0.4) is 0 Å². The molecule has 0 aliphatic carbocycles. The zero-order chi connectivity index (χ0) is 22.6. The van der Waals surface area contributed by atoms with Gasteiger partial charge in [0.15, 0.2) is 6.10 Å². The van der Waals surface area contributed by atoms with Gasteiger partial charge in [-0.25, -0.2) is 4.98 Å². The SMILES string of the molecule is Cc1cc(Nc2ccc(NC(=O)C3CCc4ccccc4O3)cc2)nc(N2CCOCC2)n1. The minimum absolute atomic E-state index is 0.133. The summed E-state index contributed by atoms with van der Waals surface area (Å²) in [5.74, 6) is 2.10. The van der Waals surface area contributed by atoms with Crippen LogP contribution in [0.5, 0.6) is 5.75 Å². The summed E-state index contributed by atoms with van der Waals surface area (Å²) < 4.78 is 11.3. The van der Waals surface area contributed by atoms with Gasteiger partial charge in [0.25, 0.3) is 5.91 Å². The van der Waals surface area contributed by atoms with Gasteiger partial charge in [0.05, 0.1) is 13.2 Å². The van der Waals surface area contributed by atoms with Crippen molar-refractivity contribution in [2.45, 2.75) is 25.9 Å². The van der Waals surface area contributed by atoms with Crippen LogP contribution in [-0.2, 0) is 16.0 Å². The largest absolute Gasteiger partial charge is 0.480 e. The van der Waals surface area contributed by atoms with E-state index in [2.05, 4.69) is 25.5 Å². The fraction of sp³-hybridized carbons (Fsp3) is 0.320. The Kier molecular flexibility index (Phi) is 6.08. The first-order valence-corrected chi connectivity index (χ1v) is 11.2. The number of nitrogens with zero attached hydrogens (tertiary/aromatic N) is 3. The fourth-order valence-corrected chi connectivity index (χ4v) is 4.04. The molecule has 3 aromatic rings. The number of benzene rings is 2. The number of rotatable bonds is 5. The number of aromatic nitrogens is 2. The van der Waals surface area contributed by atoms with Gasteiger partial charge < -0.3 is 25.0 Å². The molecule has 2 aliphatic heterocycles. The van der Waals surface area contributed by atoms with Gasteiger partial charge >= 0.3 is 0 Å². The van der Waals surface area contributed by atoms with E-state index < -0.39 is 6.10 Å². The zero-order valence-electron chi connectivity index (χ0n) is 18.6. The van der Waals surface area contributed by atoms with Crippen molar-refractivity contribution in [1.82, 2.24) is 9.97 Å². The molecule has 8 heteroatoms. The van der Waals surface area contributed by atoms with Gasteiger partial charge in [-0.15, -0.1) is 0 Å². The molecule has 8 nitrogen and oxygen atoms in total. The third kappa shape index (κ3) is 5.06. The van der Waals surface area contributed by atoms with Crippen molar-refractivity contribution in [2.24, 2.45) is 0 Å². The molecular formula is C25H27N5O3. The first-order chi connectivity index (χ1) is 16.1. The topological polar surface area (TPSA) is 88.6 Å². The zero-order valence-corrected chi connectivity index (χ0v) is 18.6. The first-order valence-electron chi connectivity index (χ1n) is 11.2. The molecule has 2 aromatic carbocycles. The molecule has 1 amide bonds. The summed E-state index contributed by atoms with van der Waals surface area (Å²) in [6, 6.07) is 17.3. The van der Waals surface area contributed by atoms with Crippen molar-refractivity contribution in [3.8, 4) is 5.75 Å². The van der Waals surface area contributed by atoms with Gasteiger partial charge in [0.2, 0.25) is 5.95 Å². The molecule has 170 valence electrons. The molecule has 1 unspecified atom stereocenters. The Bertz CT molecular complexity index is 1130. The van der Waals surface area contributed by atoms with E-state index in [-0.39, 0.29) is 5.91 Å². The molecule has 0 radical (unpaired) electrons. The highest BCUT2D eigenvalue weighted by molar-refractivity contribution is 5.94. The number of aryl methyl sites for hydroxylation is 2. The number of morpholine rings is 1. The van der Waals surface area contributed by atoms with Crippen LogP contribution in [0.2, 0.25) is 0 Å². The van der Waals surface area contributed by atoms with Crippen molar-refractivity contribution in [3.05, 3.63) is 65.9 Å². The maximum atomic E-state index is 12.7. The monoisotopic (exact) mass is 445 g/mol. The minimum atomic E-state index is -0.486. The predicted molar refractivity (Wildman–Crippen MR) is 127 cm³/mol. The Morgan fingerprint density at radius 3 is 2.61 bits per heavy atom. The molecule has 2 aliphatic rings. The lowest BCUT2D eigenvalue weighted by Crippen LogP contribution is -2.37. The van der Waals surface area contributed by atoms with E-state index in [1.165, 1.54) is 0 Å². The number of para-hydroxylation sites is 1.